The van der Waals surface area contributed by atoms with Gasteiger partial charge in [-0.3, -0.25) is 0 Å². The zero-order chi connectivity index (χ0) is 6.95. The molecular weight excluding hydrogens is 116 g/mol. The second kappa shape index (κ2) is 7.48. The normalized spacial score (nSPS) is 8.22. The third kappa shape index (κ3) is 7.48. The van der Waals surface area contributed by atoms with Crippen LogP contribution in [0.4, 0.5) is 0 Å². The lowest BCUT2D eigenvalue weighted by molar-refractivity contribution is 0.205. The topological polar surface area (TPSA) is 18.5 Å². The van der Waals surface area contributed by atoms with Crippen LogP contribution in [-0.2, 0) is 9.47 Å². The van der Waals surface area contributed by atoms with Crippen LogP contribution in [0.25, 0.3) is 0 Å². The minimum Gasteiger partial charge on any atom is -0.384 e. The molecule has 2 nitrogen and oxygen atoms in total. The molecule has 0 aromatic heterocycles. The largest absolute Gasteiger partial charge is 0.384 e. The molecule has 0 aliphatic rings. The molecule has 52 valence electrons. The summed E-state index contributed by atoms with van der Waals surface area (Å²) in [5.74, 6) is 5.70. The van der Waals surface area contributed by atoms with Crippen molar-refractivity contribution in [1.29, 1.82) is 0 Å². The second-order valence-corrected chi connectivity index (χ2v) is 1.53. The predicted octanol–water partition coefficient (Wildman–Crippen LogP) is 0.673. The van der Waals surface area contributed by atoms with Crippen LogP contribution >= 0.6 is 0 Å². The number of hydrogen-bond acceptors (Lipinski definition) is 2. The van der Waals surface area contributed by atoms with E-state index in [9.17, 15) is 0 Å². The monoisotopic (exact) mass is 128 g/mol. The van der Waals surface area contributed by atoms with Gasteiger partial charge in [0.15, 0.2) is 0 Å². The van der Waals surface area contributed by atoms with Gasteiger partial charge in [0.2, 0.25) is 0 Å². The Labute approximate surface area is 56.2 Å². The van der Waals surface area contributed by atoms with Gasteiger partial charge in [-0.1, -0.05) is 11.8 Å². The van der Waals surface area contributed by atoms with Crippen molar-refractivity contribution in [3.63, 3.8) is 0 Å². The van der Waals surface area contributed by atoms with E-state index in [1.54, 1.807) is 14.2 Å². The molecule has 0 bridgehead atoms. The van der Waals surface area contributed by atoms with Crippen molar-refractivity contribution in [2.45, 2.75) is 6.42 Å². The van der Waals surface area contributed by atoms with Crippen molar-refractivity contribution in [3.8, 4) is 11.8 Å². The van der Waals surface area contributed by atoms with Crippen LogP contribution in [0.2, 0.25) is 0 Å². The third-order valence-electron chi connectivity index (χ3n) is 0.773. The average Bonchev–Trinajstić information content (AvgIpc) is 1.89. The molecule has 0 atom stereocenters. The highest BCUT2D eigenvalue weighted by molar-refractivity contribution is 4.98. The first-order valence-corrected chi connectivity index (χ1v) is 2.85. The second-order valence-electron chi connectivity index (χ2n) is 1.53. The Hall–Kier alpha value is -0.520. The zero-order valence-corrected chi connectivity index (χ0v) is 5.94. The van der Waals surface area contributed by atoms with Crippen molar-refractivity contribution in [1.82, 2.24) is 0 Å². The summed E-state index contributed by atoms with van der Waals surface area (Å²) in [6, 6.07) is 0. The summed E-state index contributed by atoms with van der Waals surface area (Å²) < 4.78 is 9.49. The molecule has 0 fully saturated rings. The van der Waals surface area contributed by atoms with E-state index in [0.717, 1.165) is 6.42 Å². The summed E-state index contributed by atoms with van der Waals surface area (Å²) in [6.45, 7) is 1.22. The fraction of sp³-hybridized carbons (Fsp3) is 0.714. The van der Waals surface area contributed by atoms with Crippen molar-refractivity contribution >= 4 is 0 Å². The molecule has 0 aliphatic heterocycles. The Bertz CT molecular complexity index is 99.2. The summed E-state index contributed by atoms with van der Waals surface area (Å²) >= 11 is 0. The summed E-state index contributed by atoms with van der Waals surface area (Å²) in [7, 11) is 3.29. The van der Waals surface area contributed by atoms with Gasteiger partial charge in [0.1, 0.15) is 6.61 Å². The van der Waals surface area contributed by atoms with Crippen molar-refractivity contribution in [2.24, 2.45) is 0 Å². The Kier molecular flexibility index (Phi) is 7.05. The quantitative estimate of drug-likeness (QED) is 0.411. The van der Waals surface area contributed by atoms with Crippen LogP contribution in [0.5, 0.6) is 0 Å². The van der Waals surface area contributed by atoms with Gasteiger partial charge in [0, 0.05) is 20.6 Å². The van der Waals surface area contributed by atoms with Gasteiger partial charge in [0.05, 0.1) is 6.61 Å². The minimum atomic E-state index is 0.518. The van der Waals surface area contributed by atoms with E-state index in [1.165, 1.54) is 0 Å². The van der Waals surface area contributed by atoms with Crippen LogP contribution in [-0.4, -0.2) is 27.4 Å². The highest BCUT2D eigenvalue weighted by Crippen LogP contribution is 1.74. The molecule has 0 unspecified atom stereocenters. The van der Waals surface area contributed by atoms with E-state index in [4.69, 9.17) is 9.47 Å². The lowest BCUT2D eigenvalue weighted by atomic mass is 10.4. The molecule has 0 aromatic rings. The van der Waals surface area contributed by atoms with Gasteiger partial charge >= 0.3 is 0 Å². The first-order chi connectivity index (χ1) is 4.41. The summed E-state index contributed by atoms with van der Waals surface area (Å²) in [6.07, 6.45) is 0.792. The van der Waals surface area contributed by atoms with Crippen molar-refractivity contribution < 1.29 is 9.47 Å². The summed E-state index contributed by atoms with van der Waals surface area (Å²) in [4.78, 5) is 0. The molecule has 0 saturated carbocycles. The number of hydrogen-bond donors (Lipinski definition) is 0. The molecule has 0 aromatic carbocycles. The van der Waals surface area contributed by atoms with Crippen LogP contribution in [0.3, 0.4) is 0 Å². The fourth-order valence-corrected chi connectivity index (χ4v) is 0.365. The third-order valence-corrected chi connectivity index (χ3v) is 0.773. The lowest BCUT2D eigenvalue weighted by Crippen LogP contribution is -1.85. The summed E-state index contributed by atoms with van der Waals surface area (Å²) in [5, 5.41) is 0. The van der Waals surface area contributed by atoms with Crippen LogP contribution in [0.15, 0.2) is 0 Å². The maximum absolute atomic E-state index is 4.78. The molecule has 9 heavy (non-hydrogen) atoms. The van der Waals surface area contributed by atoms with E-state index >= 15 is 0 Å². The number of ether oxygens (including phenoxy) is 2. The van der Waals surface area contributed by atoms with Crippen molar-refractivity contribution in [2.75, 3.05) is 27.4 Å². The Balaban J connectivity index is 2.96. The van der Waals surface area contributed by atoms with Gasteiger partial charge in [0.25, 0.3) is 0 Å². The first-order valence-electron chi connectivity index (χ1n) is 2.85. The molecule has 0 amide bonds. The molecule has 0 spiro atoms. The van der Waals surface area contributed by atoms with E-state index in [-0.39, 0.29) is 0 Å². The van der Waals surface area contributed by atoms with Gasteiger partial charge in [-0.25, -0.2) is 0 Å². The maximum atomic E-state index is 4.78. The average molecular weight is 128 g/mol. The Morgan fingerprint density at radius 1 is 1.11 bits per heavy atom. The highest BCUT2D eigenvalue weighted by atomic mass is 16.5. The highest BCUT2D eigenvalue weighted by Gasteiger charge is 1.74. The van der Waals surface area contributed by atoms with E-state index in [1.807, 2.05) is 0 Å². The van der Waals surface area contributed by atoms with Crippen LogP contribution in [0, 0.1) is 11.8 Å². The molecule has 0 rings (SSSR count). The van der Waals surface area contributed by atoms with E-state index in [2.05, 4.69) is 11.8 Å². The SMILES string of the molecule is COCC#CCCOC. The van der Waals surface area contributed by atoms with E-state index in [0.29, 0.717) is 13.2 Å². The molecule has 0 saturated heterocycles. The number of rotatable bonds is 3. The maximum Gasteiger partial charge on any atom is 0.107 e. The molecular formula is C7H12O2. The number of methoxy groups -OCH3 is 2. The molecule has 0 radical (unpaired) electrons. The van der Waals surface area contributed by atoms with Crippen LogP contribution in [0.1, 0.15) is 6.42 Å². The van der Waals surface area contributed by atoms with Gasteiger partial charge in [-0.15, -0.1) is 0 Å². The fourth-order valence-electron chi connectivity index (χ4n) is 0.365. The van der Waals surface area contributed by atoms with E-state index < -0.39 is 0 Å². The standard InChI is InChI=1S/C7H12O2/c1-8-6-4-3-5-7-9-2/h4,6-7H2,1-2H3. The molecule has 0 aliphatic carbocycles. The Morgan fingerprint density at radius 3 is 2.44 bits per heavy atom. The molecule has 0 heterocycles. The van der Waals surface area contributed by atoms with Crippen LogP contribution < -0.4 is 0 Å². The summed E-state index contributed by atoms with van der Waals surface area (Å²) in [5.41, 5.74) is 0. The van der Waals surface area contributed by atoms with Gasteiger partial charge in [-0.2, -0.15) is 0 Å². The van der Waals surface area contributed by atoms with Gasteiger partial charge in [-0.05, 0) is 0 Å². The van der Waals surface area contributed by atoms with Crippen molar-refractivity contribution in [3.05, 3.63) is 0 Å². The predicted molar refractivity (Wildman–Crippen MR) is 36.1 cm³/mol. The van der Waals surface area contributed by atoms with Gasteiger partial charge < -0.3 is 9.47 Å². The minimum absolute atomic E-state index is 0.518. The smallest absolute Gasteiger partial charge is 0.107 e. The Morgan fingerprint density at radius 2 is 1.89 bits per heavy atom. The first kappa shape index (κ1) is 8.48. The molecule has 2 heteroatoms. The zero-order valence-electron chi connectivity index (χ0n) is 5.94. The molecule has 0 N–H and O–H groups in total. The lowest BCUT2D eigenvalue weighted by Gasteiger charge is -1.87.